The van der Waals surface area contributed by atoms with Gasteiger partial charge < -0.3 is 9.88 Å². The number of nitrogens with one attached hydrogen (secondary N) is 1. The highest BCUT2D eigenvalue weighted by atomic mass is 16.6. The molecule has 1 fully saturated rings. The molecule has 1 aliphatic rings. The molecule has 1 N–H and O–H groups in total. The summed E-state index contributed by atoms with van der Waals surface area (Å²) in [5.41, 5.74) is 2.89. The van der Waals surface area contributed by atoms with E-state index >= 15 is 0 Å². The van der Waals surface area contributed by atoms with Crippen molar-refractivity contribution in [3.63, 3.8) is 0 Å². The number of aromatic nitrogens is 1. The Morgan fingerprint density at radius 1 is 1.10 bits per heavy atom. The average molecular weight is 402 g/mol. The molecule has 2 aromatic carbocycles. The summed E-state index contributed by atoms with van der Waals surface area (Å²) in [6.07, 6.45) is 5.06. The fraction of sp³-hybridized carbons (Fsp3) is 0.0909. The lowest BCUT2D eigenvalue weighted by molar-refractivity contribution is -0.384. The van der Waals surface area contributed by atoms with E-state index in [-0.39, 0.29) is 17.9 Å². The fourth-order valence-corrected chi connectivity index (χ4v) is 3.46. The number of amides is 3. The van der Waals surface area contributed by atoms with E-state index in [1.807, 2.05) is 35.0 Å². The van der Waals surface area contributed by atoms with E-state index in [2.05, 4.69) is 11.9 Å². The van der Waals surface area contributed by atoms with E-state index in [4.69, 9.17) is 0 Å². The fourth-order valence-electron chi connectivity index (χ4n) is 3.46. The lowest BCUT2D eigenvalue weighted by Crippen LogP contribution is -2.30. The van der Waals surface area contributed by atoms with Crippen LogP contribution in [0.1, 0.15) is 11.1 Å². The summed E-state index contributed by atoms with van der Waals surface area (Å²) in [5.74, 6) is -0.396. The third-order valence-electron chi connectivity index (χ3n) is 4.89. The molecule has 3 amide bonds. The highest BCUT2D eigenvalue weighted by Gasteiger charge is 2.32. The average Bonchev–Trinajstić information content (AvgIpc) is 3.21. The van der Waals surface area contributed by atoms with Gasteiger partial charge in [0.1, 0.15) is 5.70 Å². The minimum atomic E-state index is -0.472. The molecule has 30 heavy (non-hydrogen) atoms. The summed E-state index contributed by atoms with van der Waals surface area (Å²) in [4.78, 5) is 36.0. The van der Waals surface area contributed by atoms with E-state index in [1.54, 1.807) is 18.2 Å². The van der Waals surface area contributed by atoms with E-state index in [0.717, 1.165) is 26.9 Å². The lowest BCUT2D eigenvalue weighted by Gasteiger charge is -2.06. The van der Waals surface area contributed by atoms with E-state index in [0.29, 0.717) is 6.54 Å². The second-order valence-corrected chi connectivity index (χ2v) is 6.85. The van der Waals surface area contributed by atoms with Gasteiger partial charge in [0.2, 0.25) is 0 Å². The van der Waals surface area contributed by atoms with Crippen molar-refractivity contribution in [1.82, 2.24) is 14.8 Å². The Labute approximate surface area is 171 Å². The Balaban J connectivity index is 1.69. The lowest BCUT2D eigenvalue weighted by atomic mass is 10.1. The Morgan fingerprint density at radius 3 is 2.53 bits per heavy atom. The third kappa shape index (κ3) is 3.46. The molecule has 0 bridgehead atoms. The summed E-state index contributed by atoms with van der Waals surface area (Å²) >= 11 is 0. The first-order chi connectivity index (χ1) is 14.5. The van der Waals surface area contributed by atoms with Gasteiger partial charge in [-0.05, 0) is 17.7 Å². The molecule has 150 valence electrons. The van der Waals surface area contributed by atoms with E-state index < -0.39 is 16.9 Å². The predicted octanol–water partition coefficient (Wildman–Crippen LogP) is 3.68. The van der Waals surface area contributed by atoms with Crippen LogP contribution < -0.4 is 5.32 Å². The normalized spacial score (nSPS) is 15.1. The standard InChI is InChI=1S/C22H18N4O4/c1-2-11-25-21(27)19(23-22(25)28)12-16-14-24(20-6-4-3-5-18(16)20)13-15-7-9-17(10-8-15)26(29)30/h2-10,12,14H,1,11,13H2,(H,23,28)/b19-12+. The molecule has 3 aromatic rings. The second kappa shape index (κ2) is 7.67. The van der Waals surface area contributed by atoms with Crippen molar-refractivity contribution in [3.8, 4) is 0 Å². The number of non-ortho nitro benzene ring substituents is 1. The van der Waals surface area contributed by atoms with E-state index in [1.165, 1.54) is 18.2 Å². The van der Waals surface area contributed by atoms with Crippen molar-refractivity contribution in [2.75, 3.05) is 6.54 Å². The van der Waals surface area contributed by atoms with E-state index in [9.17, 15) is 19.7 Å². The first-order valence-corrected chi connectivity index (χ1v) is 9.24. The van der Waals surface area contributed by atoms with Crippen molar-refractivity contribution in [2.24, 2.45) is 0 Å². The van der Waals surface area contributed by atoms with Gasteiger partial charge in [-0.3, -0.25) is 19.8 Å². The van der Waals surface area contributed by atoms with Gasteiger partial charge in [-0.25, -0.2) is 4.79 Å². The summed E-state index contributed by atoms with van der Waals surface area (Å²) in [7, 11) is 0. The topological polar surface area (TPSA) is 97.5 Å². The van der Waals surface area contributed by atoms with Crippen molar-refractivity contribution in [2.45, 2.75) is 6.54 Å². The first kappa shape index (κ1) is 19.1. The number of nitro benzene ring substituents is 1. The molecule has 0 radical (unpaired) electrons. The number of urea groups is 1. The minimum Gasteiger partial charge on any atom is -0.342 e. The van der Waals surface area contributed by atoms with Crippen LogP contribution in [0.5, 0.6) is 0 Å². The molecule has 2 heterocycles. The zero-order valence-electron chi connectivity index (χ0n) is 15.9. The Bertz CT molecular complexity index is 1210. The third-order valence-corrected chi connectivity index (χ3v) is 4.89. The van der Waals surface area contributed by atoms with Gasteiger partial charge in [0, 0.05) is 47.9 Å². The maximum Gasteiger partial charge on any atom is 0.329 e. The highest BCUT2D eigenvalue weighted by molar-refractivity contribution is 6.14. The first-order valence-electron chi connectivity index (χ1n) is 9.24. The van der Waals surface area contributed by atoms with Crippen LogP contribution in [0.3, 0.4) is 0 Å². The zero-order valence-corrected chi connectivity index (χ0v) is 15.9. The summed E-state index contributed by atoms with van der Waals surface area (Å²) in [6, 6.07) is 13.6. The molecule has 0 aliphatic carbocycles. The van der Waals surface area contributed by atoms with Crippen LogP contribution in [0, 0.1) is 10.1 Å². The van der Waals surface area contributed by atoms with Crippen LogP contribution in [-0.4, -0.2) is 32.9 Å². The van der Waals surface area contributed by atoms with Gasteiger partial charge in [0.05, 0.1) is 4.92 Å². The van der Waals surface area contributed by atoms with Crippen molar-refractivity contribution in [1.29, 1.82) is 0 Å². The van der Waals surface area contributed by atoms with Gasteiger partial charge >= 0.3 is 6.03 Å². The molecule has 0 atom stereocenters. The zero-order chi connectivity index (χ0) is 21.3. The molecule has 8 heteroatoms. The van der Waals surface area contributed by atoms with Crippen LogP contribution in [0.4, 0.5) is 10.5 Å². The smallest absolute Gasteiger partial charge is 0.329 e. The molecule has 0 saturated carbocycles. The number of nitro groups is 1. The minimum absolute atomic E-state index is 0.0427. The molecule has 1 aliphatic heterocycles. The second-order valence-electron chi connectivity index (χ2n) is 6.85. The van der Waals surface area contributed by atoms with Crippen LogP contribution in [0.2, 0.25) is 0 Å². The predicted molar refractivity (Wildman–Crippen MR) is 113 cm³/mol. The summed E-state index contributed by atoms with van der Waals surface area (Å²) in [5, 5.41) is 14.4. The van der Waals surface area contributed by atoms with Crippen molar-refractivity contribution < 1.29 is 14.5 Å². The summed E-state index contributed by atoms with van der Waals surface area (Å²) in [6.45, 7) is 4.21. The van der Waals surface area contributed by atoms with Crippen LogP contribution in [-0.2, 0) is 11.3 Å². The number of hydrogen-bond donors (Lipinski definition) is 1. The number of benzene rings is 2. The number of fused-ring (bicyclic) bond motifs is 1. The maximum absolute atomic E-state index is 12.5. The SMILES string of the molecule is C=CCN1C(=O)N/C(=C/c2cn(Cc3ccc([N+](=O)[O-])cc3)c3ccccc23)C1=O. The van der Waals surface area contributed by atoms with Crippen LogP contribution in [0.15, 0.2) is 73.1 Å². The molecule has 1 aromatic heterocycles. The van der Waals surface area contributed by atoms with Gasteiger partial charge in [-0.1, -0.05) is 36.4 Å². The maximum atomic E-state index is 12.5. The van der Waals surface area contributed by atoms with Gasteiger partial charge in [0.25, 0.3) is 11.6 Å². The van der Waals surface area contributed by atoms with Gasteiger partial charge in [-0.15, -0.1) is 6.58 Å². The van der Waals surface area contributed by atoms with Crippen LogP contribution >= 0.6 is 0 Å². The van der Waals surface area contributed by atoms with Crippen molar-refractivity contribution in [3.05, 3.63) is 94.3 Å². The highest BCUT2D eigenvalue weighted by Crippen LogP contribution is 2.26. The Hall–Kier alpha value is -4.20. The quantitative estimate of drug-likeness (QED) is 0.224. The molecule has 0 unspecified atom stereocenters. The number of nitrogens with zero attached hydrogens (tertiary/aromatic N) is 3. The number of carbonyl (C=O) groups excluding carboxylic acids is 2. The Morgan fingerprint density at radius 2 is 1.83 bits per heavy atom. The van der Waals surface area contributed by atoms with Crippen LogP contribution in [0.25, 0.3) is 17.0 Å². The number of hydrogen-bond acceptors (Lipinski definition) is 4. The monoisotopic (exact) mass is 402 g/mol. The Kier molecular flexibility index (Phi) is 4.89. The van der Waals surface area contributed by atoms with Gasteiger partial charge in [-0.2, -0.15) is 0 Å². The number of para-hydroxylation sites is 1. The molecule has 4 rings (SSSR count). The number of rotatable bonds is 6. The molecular formula is C22H18N4O4. The molecule has 0 spiro atoms. The summed E-state index contributed by atoms with van der Waals surface area (Å²) < 4.78 is 2.01. The number of carbonyl (C=O) groups is 2. The van der Waals surface area contributed by atoms with Gasteiger partial charge in [0.15, 0.2) is 0 Å². The number of imide groups is 1. The largest absolute Gasteiger partial charge is 0.342 e. The molecular weight excluding hydrogens is 384 g/mol. The van der Waals surface area contributed by atoms with Crippen molar-refractivity contribution >= 4 is 34.6 Å². The molecule has 1 saturated heterocycles. The molecule has 8 nitrogen and oxygen atoms in total.